The van der Waals surface area contributed by atoms with Gasteiger partial charge in [0.2, 0.25) is 0 Å². The summed E-state index contributed by atoms with van der Waals surface area (Å²) in [4.78, 5) is 4.20. The number of hydrogen-bond acceptors (Lipinski definition) is 5. The highest BCUT2D eigenvalue weighted by atomic mass is 32.1. The Bertz CT molecular complexity index is 650. The number of ether oxygens (including phenoxy) is 1. The van der Waals surface area contributed by atoms with Crippen LogP contribution < -0.4 is 4.74 Å². The maximum atomic E-state index is 5.71. The lowest BCUT2D eigenvalue weighted by Gasteiger charge is -2.06. The van der Waals surface area contributed by atoms with E-state index in [4.69, 9.17) is 4.74 Å². The Morgan fingerprint density at radius 2 is 2.05 bits per heavy atom. The summed E-state index contributed by atoms with van der Waals surface area (Å²) in [6, 6.07) is 8.32. The van der Waals surface area contributed by atoms with E-state index in [1.807, 2.05) is 33.9 Å². The fourth-order valence-corrected chi connectivity index (χ4v) is 2.72. The first-order chi connectivity index (χ1) is 10.9. The fourth-order valence-electron chi connectivity index (χ4n) is 2.17. The molecule has 0 aliphatic carbocycles. The monoisotopic (exact) mass is 314 g/mol. The SMILES string of the molecule is c1cn(CCCCc2ccc(OCc3cscn3)cc2)nn1. The van der Waals surface area contributed by atoms with E-state index in [1.54, 1.807) is 17.5 Å². The molecule has 0 amide bonds. The first-order valence-electron chi connectivity index (χ1n) is 7.33. The molecule has 0 fully saturated rings. The number of aromatic nitrogens is 4. The van der Waals surface area contributed by atoms with Crippen LogP contribution in [0.25, 0.3) is 0 Å². The van der Waals surface area contributed by atoms with Crippen LogP contribution in [0.2, 0.25) is 0 Å². The number of thiazole rings is 1. The quantitative estimate of drug-likeness (QED) is 0.598. The molecule has 0 bridgehead atoms. The van der Waals surface area contributed by atoms with Gasteiger partial charge in [0.05, 0.1) is 17.4 Å². The normalized spacial score (nSPS) is 10.7. The van der Waals surface area contributed by atoms with Gasteiger partial charge in [-0.2, -0.15) is 0 Å². The summed E-state index contributed by atoms with van der Waals surface area (Å²) in [6.45, 7) is 1.45. The molecule has 2 heterocycles. The minimum Gasteiger partial charge on any atom is -0.487 e. The average molecular weight is 314 g/mol. The van der Waals surface area contributed by atoms with Gasteiger partial charge in [-0.05, 0) is 37.0 Å². The summed E-state index contributed by atoms with van der Waals surface area (Å²) in [6.07, 6.45) is 6.92. The molecule has 3 rings (SSSR count). The lowest BCUT2D eigenvalue weighted by atomic mass is 10.1. The molecule has 3 aromatic rings. The highest BCUT2D eigenvalue weighted by Gasteiger charge is 1.99. The van der Waals surface area contributed by atoms with Crippen LogP contribution in [-0.4, -0.2) is 20.0 Å². The molecule has 0 saturated carbocycles. The van der Waals surface area contributed by atoms with Crippen LogP contribution in [0.5, 0.6) is 5.75 Å². The van der Waals surface area contributed by atoms with E-state index in [0.717, 1.165) is 37.3 Å². The van der Waals surface area contributed by atoms with Crippen molar-refractivity contribution in [2.75, 3.05) is 0 Å². The van der Waals surface area contributed by atoms with Crippen LogP contribution in [0.4, 0.5) is 0 Å². The van der Waals surface area contributed by atoms with E-state index in [9.17, 15) is 0 Å². The van der Waals surface area contributed by atoms with E-state index in [2.05, 4.69) is 27.4 Å². The van der Waals surface area contributed by atoms with Gasteiger partial charge in [-0.25, -0.2) is 4.98 Å². The van der Waals surface area contributed by atoms with Crippen molar-refractivity contribution in [1.82, 2.24) is 20.0 Å². The Hall–Kier alpha value is -2.21. The minimum absolute atomic E-state index is 0.529. The predicted octanol–water partition coefficient (Wildman–Crippen LogP) is 3.34. The lowest BCUT2D eigenvalue weighted by Crippen LogP contribution is -1.99. The summed E-state index contributed by atoms with van der Waals surface area (Å²) < 4.78 is 7.58. The third kappa shape index (κ3) is 4.39. The molecule has 0 aliphatic rings. The first kappa shape index (κ1) is 14.7. The second kappa shape index (κ2) is 7.70. The lowest BCUT2D eigenvalue weighted by molar-refractivity contribution is 0.302. The zero-order valence-electron chi connectivity index (χ0n) is 12.3. The van der Waals surface area contributed by atoms with Crippen molar-refractivity contribution in [3.8, 4) is 5.75 Å². The fraction of sp³-hybridized carbons (Fsp3) is 0.312. The van der Waals surface area contributed by atoms with E-state index < -0.39 is 0 Å². The number of nitrogens with zero attached hydrogens (tertiary/aromatic N) is 4. The van der Waals surface area contributed by atoms with E-state index in [-0.39, 0.29) is 0 Å². The van der Waals surface area contributed by atoms with Crippen LogP contribution in [-0.2, 0) is 19.6 Å². The van der Waals surface area contributed by atoms with Crippen LogP contribution >= 0.6 is 11.3 Å². The van der Waals surface area contributed by atoms with Gasteiger partial charge < -0.3 is 4.74 Å². The highest BCUT2D eigenvalue weighted by Crippen LogP contribution is 2.15. The van der Waals surface area contributed by atoms with Crippen molar-refractivity contribution in [1.29, 1.82) is 0 Å². The molecule has 0 saturated heterocycles. The molecule has 22 heavy (non-hydrogen) atoms. The molecule has 0 radical (unpaired) electrons. The molecule has 0 N–H and O–H groups in total. The summed E-state index contributed by atoms with van der Waals surface area (Å²) in [5.41, 5.74) is 4.13. The van der Waals surface area contributed by atoms with Gasteiger partial charge >= 0.3 is 0 Å². The molecule has 0 atom stereocenters. The molecule has 0 spiro atoms. The average Bonchev–Trinajstić information content (AvgIpc) is 3.24. The largest absolute Gasteiger partial charge is 0.487 e. The van der Waals surface area contributed by atoms with Crippen molar-refractivity contribution in [3.05, 3.63) is 58.8 Å². The highest BCUT2D eigenvalue weighted by molar-refractivity contribution is 7.07. The van der Waals surface area contributed by atoms with Crippen LogP contribution in [0.15, 0.2) is 47.5 Å². The summed E-state index contributed by atoms with van der Waals surface area (Å²) >= 11 is 1.59. The summed E-state index contributed by atoms with van der Waals surface area (Å²) in [5, 5.41) is 9.76. The van der Waals surface area contributed by atoms with Gasteiger partial charge in [-0.1, -0.05) is 17.3 Å². The molecule has 1 aromatic carbocycles. The number of rotatable bonds is 8. The van der Waals surface area contributed by atoms with Crippen molar-refractivity contribution in [3.63, 3.8) is 0 Å². The number of benzene rings is 1. The number of hydrogen-bond donors (Lipinski definition) is 0. The second-order valence-corrected chi connectivity index (χ2v) is 5.75. The van der Waals surface area contributed by atoms with Crippen molar-refractivity contribution < 1.29 is 4.74 Å². The van der Waals surface area contributed by atoms with Crippen LogP contribution in [0.1, 0.15) is 24.1 Å². The molecule has 0 unspecified atom stereocenters. The minimum atomic E-state index is 0.529. The van der Waals surface area contributed by atoms with Gasteiger partial charge in [-0.3, -0.25) is 4.68 Å². The van der Waals surface area contributed by atoms with Crippen molar-refractivity contribution in [2.45, 2.75) is 32.4 Å². The molecular formula is C16H18N4OS. The maximum absolute atomic E-state index is 5.71. The topological polar surface area (TPSA) is 52.8 Å². The standard InChI is InChI=1S/C16H18N4OS/c1(2-9-20-10-8-18-19-20)3-14-4-6-16(7-5-14)21-11-15-12-22-13-17-15/h4-8,10,12-13H,1-3,9,11H2. The molecule has 5 nitrogen and oxygen atoms in total. The molecule has 114 valence electrons. The van der Waals surface area contributed by atoms with Crippen LogP contribution in [0.3, 0.4) is 0 Å². The molecule has 0 aliphatic heterocycles. The number of unbranched alkanes of at least 4 members (excludes halogenated alkanes) is 1. The number of aryl methyl sites for hydroxylation is 2. The van der Waals surface area contributed by atoms with Gasteiger partial charge in [0.15, 0.2) is 0 Å². The molecular weight excluding hydrogens is 296 g/mol. The summed E-state index contributed by atoms with van der Waals surface area (Å²) in [7, 11) is 0. The van der Waals surface area contributed by atoms with E-state index in [0.29, 0.717) is 6.61 Å². The van der Waals surface area contributed by atoms with E-state index in [1.165, 1.54) is 5.56 Å². The third-order valence-electron chi connectivity index (χ3n) is 3.37. The zero-order chi connectivity index (χ0) is 15.0. The Morgan fingerprint density at radius 1 is 1.14 bits per heavy atom. The Kier molecular flexibility index (Phi) is 5.15. The van der Waals surface area contributed by atoms with Gasteiger partial charge in [0, 0.05) is 18.1 Å². The zero-order valence-corrected chi connectivity index (χ0v) is 13.1. The predicted molar refractivity (Wildman–Crippen MR) is 85.8 cm³/mol. The summed E-state index contributed by atoms with van der Waals surface area (Å²) in [5.74, 6) is 0.888. The van der Waals surface area contributed by atoms with Gasteiger partial charge in [0.25, 0.3) is 0 Å². The van der Waals surface area contributed by atoms with Crippen molar-refractivity contribution >= 4 is 11.3 Å². The Morgan fingerprint density at radius 3 is 2.77 bits per heavy atom. The maximum Gasteiger partial charge on any atom is 0.131 e. The van der Waals surface area contributed by atoms with Gasteiger partial charge in [-0.15, -0.1) is 16.4 Å². The first-order valence-corrected chi connectivity index (χ1v) is 8.27. The van der Waals surface area contributed by atoms with E-state index >= 15 is 0 Å². The van der Waals surface area contributed by atoms with Crippen LogP contribution in [0, 0.1) is 0 Å². The van der Waals surface area contributed by atoms with Crippen molar-refractivity contribution in [2.24, 2.45) is 0 Å². The third-order valence-corrected chi connectivity index (χ3v) is 4.00. The van der Waals surface area contributed by atoms with Gasteiger partial charge in [0.1, 0.15) is 12.4 Å². The molecule has 6 heteroatoms. The Labute approximate surface area is 133 Å². The smallest absolute Gasteiger partial charge is 0.131 e. The Balaban J connectivity index is 1.39. The molecule has 2 aromatic heterocycles. The second-order valence-electron chi connectivity index (χ2n) is 5.04.